The third kappa shape index (κ3) is 4.85. The highest BCUT2D eigenvalue weighted by atomic mass is 16.5. The van der Waals surface area contributed by atoms with Gasteiger partial charge in [0.1, 0.15) is 11.5 Å². The highest BCUT2D eigenvalue weighted by Crippen LogP contribution is 2.27. The van der Waals surface area contributed by atoms with Crippen molar-refractivity contribution in [1.29, 1.82) is 0 Å². The lowest BCUT2D eigenvalue weighted by atomic mass is 10.1. The van der Waals surface area contributed by atoms with E-state index >= 15 is 0 Å². The maximum absolute atomic E-state index is 13.4. The molecule has 0 saturated carbocycles. The molecule has 0 unspecified atom stereocenters. The van der Waals surface area contributed by atoms with E-state index < -0.39 is 0 Å². The maximum atomic E-state index is 13.4. The Kier molecular flexibility index (Phi) is 6.83. The minimum atomic E-state index is -0.0624. The number of aromatic nitrogens is 1. The summed E-state index contributed by atoms with van der Waals surface area (Å²) in [6.07, 6.45) is 2.06. The number of carbonyl (C=O) groups excluding carboxylic acids is 1. The molecule has 30 heavy (non-hydrogen) atoms. The number of amides is 1. The van der Waals surface area contributed by atoms with E-state index in [2.05, 4.69) is 48.0 Å². The summed E-state index contributed by atoms with van der Waals surface area (Å²) in [5, 5.41) is 0. The molecule has 2 aromatic carbocycles. The lowest BCUT2D eigenvalue weighted by Gasteiger charge is -2.28. The minimum absolute atomic E-state index is 0.0343. The van der Waals surface area contributed by atoms with Crippen molar-refractivity contribution in [2.75, 3.05) is 14.2 Å². The first-order chi connectivity index (χ1) is 14.4. The van der Waals surface area contributed by atoms with E-state index in [-0.39, 0.29) is 11.9 Å². The maximum Gasteiger partial charge on any atom is 0.258 e. The highest BCUT2D eigenvalue weighted by molar-refractivity contribution is 5.97. The average Bonchev–Trinajstić information content (AvgIpc) is 3.19. The Morgan fingerprint density at radius 2 is 1.77 bits per heavy atom. The zero-order valence-electron chi connectivity index (χ0n) is 18.4. The number of ether oxygens (including phenoxy) is 2. The van der Waals surface area contributed by atoms with Crippen LogP contribution >= 0.6 is 0 Å². The molecule has 5 heteroatoms. The molecule has 1 heterocycles. The van der Waals surface area contributed by atoms with Gasteiger partial charge in [-0.15, -0.1) is 0 Å². The number of nitrogens with zero attached hydrogens (tertiary/aromatic N) is 2. The molecule has 0 atom stereocenters. The monoisotopic (exact) mass is 406 g/mol. The third-order valence-electron chi connectivity index (χ3n) is 5.25. The second kappa shape index (κ2) is 9.53. The van der Waals surface area contributed by atoms with Crippen LogP contribution < -0.4 is 9.47 Å². The van der Waals surface area contributed by atoms with Gasteiger partial charge in [0.05, 0.1) is 26.3 Å². The molecule has 0 fully saturated rings. The summed E-state index contributed by atoms with van der Waals surface area (Å²) in [4.78, 5) is 15.3. The van der Waals surface area contributed by atoms with Crippen molar-refractivity contribution in [3.05, 3.63) is 83.2 Å². The smallest absolute Gasteiger partial charge is 0.258 e. The molecule has 0 aliphatic heterocycles. The Balaban J connectivity index is 1.84. The minimum Gasteiger partial charge on any atom is -0.497 e. The first-order valence-electron chi connectivity index (χ1n) is 10.2. The van der Waals surface area contributed by atoms with Crippen LogP contribution in [0.4, 0.5) is 0 Å². The largest absolute Gasteiger partial charge is 0.497 e. The van der Waals surface area contributed by atoms with Crippen LogP contribution in [0.25, 0.3) is 0 Å². The van der Waals surface area contributed by atoms with E-state index in [1.807, 2.05) is 24.8 Å². The van der Waals surface area contributed by atoms with E-state index in [0.717, 1.165) is 12.2 Å². The van der Waals surface area contributed by atoms with Gasteiger partial charge in [-0.05, 0) is 50.6 Å². The van der Waals surface area contributed by atoms with Gasteiger partial charge in [0.25, 0.3) is 5.91 Å². The molecule has 0 spiro atoms. The summed E-state index contributed by atoms with van der Waals surface area (Å²) in [6, 6.07) is 18.0. The topological polar surface area (TPSA) is 43.7 Å². The van der Waals surface area contributed by atoms with Crippen LogP contribution in [0.1, 0.15) is 41.0 Å². The van der Waals surface area contributed by atoms with Gasteiger partial charge in [-0.2, -0.15) is 0 Å². The van der Waals surface area contributed by atoms with Crippen molar-refractivity contribution in [3.8, 4) is 11.5 Å². The standard InChI is InChI=1S/C25H30N2O3/c1-18(2)27(25(28)23-13-12-22(29-4)15-24(23)30-5)17-21-7-6-14-26(21)16-20-10-8-19(3)9-11-20/h6-15,18H,16-17H2,1-5H3. The molecule has 0 bridgehead atoms. The molecule has 0 saturated heterocycles. The molecule has 0 N–H and O–H groups in total. The van der Waals surface area contributed by atoms with Gasteiger partial charge >= 0.3 is 0 Å². The summed E-state index contributed by atoms with van der Waals surface area (Å²) in [7, 11) is 3.16. The lowest BCUT2D eigenvalue weighted by Crippen LogP contribution is -2.37. The van der Waals surface area contributed by atoms with Gasteiger partial charge in [-0.1, -0.05) is 29.8 Å². The zero-order chi connectivity index (χ0) is 21.7. The molecule has 0 aliphatic rings. The predicted octanol–water partition coefficient (Wildman–Crippen LogP) is 4.91. The van der Waals surface area contributed by atoms with Gasteiger partial charge in [0.2, 0.25) is 0 Å². The normalized spacial score (nSPS) is 10.9. The fraction of sp³-hybridized carbons (Fsp3) is 0.320. The van der Waals surface area contributed by atoms with E-state index in [9.17, 15) is 4.79 Å². The number of hydrogen-bond donors (Lipinski definition) is 0. The van der Waals surface area contributed by atoms with Crippen molar-refractivity contribution in [2.24, 2.45) is 0 Å². The Morgan fingerprint density at radius 3 is 2.40 bits per heavy atom. The van der Waals surface area contributed by atoms with Crippen LogP contribution in [-0.2, 0) is 13.1 Å². The first kappa shape index (κ1) is 21.5. The number of rotatable bonds is 8. The Labute approximate surface area is 178 Å². The van der Waals surface area contributed by atoms with Crippen LogP contribution in [0, 0.1) is 6.92 Å². The number of hydrogen-bond acceptors (Lipinski definition) is 3. The van der Waals surface area contributed by atoms with Crippen molar-refractivity contribution in [3.63, 3.8) is 0 Å². The van der Waals surface area contributed by atoms with Crippen molar-refractivity contribution < 1.29 is 14.3 Å². The molecule has 0 aliphatic carbocycles. The van der Waals surface area contributed by atoms with Gasteiger partial charge in [-0.3, -0.25) is 4.79 Å². The van der Waals surface area contributed by atoms with Gasteiger partial charge in [0.15, 0.2) is 0 Å². The Hall–Kier alpha value is -3.21. The van der Waals surface area contributed by atoms with Gasteiger partial charge in [0, 0.05) is 30.5 Å². The number of carbonyl (C=O) groups is 1. The Bertz CT molecular complexity index is 990. The van der Waals surface area contributed by atoms with Crippen molar-refractivity contribution in [2.45, 2.75) is 39.9 Å². The molecular formula is C25H30N2O3. The molecule has 1 amide bonds. The first-order valence-corrected chi connectivity index (χ1v) is 10.2. The number of methoxy groups -OCH3 is 2. The van der Waals surface area contributed by atoms with Crippen LogP contribution in [0.2, 0.25) is 0 Å². The summed E-state index contributed by atoms with van der Waals surface area (Å²) in [5.74, 6) is 1.11. The van der Waals surface area contributed by atoms with Crippen LogP contribution in [-0.4, -0.2) is 35.6 Å². The fourth-order valence-electron chi connectivity index (χ4n) is 3.43. The summed E-state index contributed by atoms with van der Waals surface area (Å²) >= 11 is 0. The highest BCUT2D eigenvalue weighted by Gasteiger charge is 2.23. The van der Waals surface area contributed by atoms with E-state index in [1.165, 1.54) is 11.1 Å². The van der Waals surface area contributed by atoms with E-state index in [4.69, 9.17) is 9.47 Å². The number of aryl methyl sites for hydroxylation is 1. The van der Waals surface area contributed by atoms with Crippen LogP contribution in [0.15, 0.2) is 60.8 Å². The Morgan fingerprint density at radius 1 is 1.03 bits per heavy atom. The molecule has 0 radical (unpaired) electrons. The molecule has 158 valence electrons. The summed E-state index contributed by atoms with van der Waals surface area (Å²) in [6.45, 7) is 7.44. The quantitative estimate of drug-likeness (QED) is 0.534. The number of benzene rings is 2. The lowest BCUT2D eigenvalue weighted by molar-refractivity contribution is 0.0682. The summed E-state index contributed by atoms with van der Waals surface area (Å²) < 4.78 is 12.9. The zero-order valence-corrected chi connectivity index (χ0v) is 18.4. The SMILES string of the molecule is COc1ccc(C(=O)N(Cc2cccn2Cc2ccc(C)cc2)C(C)C)c(OC)c1. The van der Waals surface area contributed by atoms with Crippen molar-refractivity contribution in [1.82, 2.24) is 9.47 Å². The van der Waals surface area contributed by atoms with Gasteiger partial charge in [-0.25, -0.2) is 0 Å². The second-order valence-electron chi connectivity index (χ2n) is 7.71. The molecule has 3 rings (SSSR count). The molecule has 1 aromatic heterocycles. The van der Waals surface area contributed by atoms with Crippen molar-refractivity contribution >= 4 is 5.91 Å². The van der Waals surface area contributed by atoms with E-state index in [0.29, 0.717) is 23.6 Å². The van der Waals surface area contributed by atoms with Crippen LogP contribution in [0.5, 0.6) is 11.5 Å². The predicted molar refractivity (Wildman–Crippen MR) is 119 cm³/mol. The average molecular weight is 407 g/mol. The fourth-order valence-corrected chi connectivity index (χ4v) is 3.43. The molecular weight excluding hydrogens is 376 g/mol. The third-order valence-corrected chi connectivity index (χ3v) is 5.25. The van der Waals surface area contributed by atoms with Gasteiger partial charge < -0.3 is 18.9 Å². The van der Waals surface area contributed by atoms with Crippen LogP contribution in [0.3, 0.4) is 0 Å². The molecule has 5 nitrogen and oxygen atoms in total. The molecule has 3 aromatic rings. The second-order valence-corrected chi connectivity index (χ2v) is 7.71. The van der Waals surface area contributed by atoms with E-state index in [1.54, 1.807) is 32.4 Å². The summed E-state index contributed by atoms with van der Waals surface area (Å²) in [5.41, 5.74) is 4.10.